The molecule has 2 nitrogen and oxygen atoms in total. The second-order valence-electron chi connectivity index (χ2n) is 3.71. The zero-order chi connectivity index (χ0) is 11.8. The van der Waals surface area contributed by atoms with E-state index in [0.717, 1.165) is 33.4 Å². The normalized spacial score (nSPS) is 11.5. The monoisotopic (exact) mass is 250 g/mol. The molecule has 17 heavy (non-hydrogen) atoms. The molecule has 0 amide bonds. The third-order valence-electron chi connectivity index (χ3n) is 2.61. The third kappa shape index (κ3) is 1.82. The van der Waals surface area contributed by atoms with E-state index in [1.807, 2.05) is 18.2 Å². The summed E-state index contributed by atoms with van der Waals surface area (Å²) in [6.07, 6.45) is -0.675. The minimum absolute atomic E-state index is 0.104. The molecular weight excluding hydrogens is 242 g/mol. The van der Waals surface area contributed by atoms with Crippen molar-refractivity contribution in [1.29, 1.82) is 0 Å². The molecule has 0 unspecified atom stereocenters. The molecule has 3 rings (SSSR count). The summed E-state index contributed by atoms with van der Waals surface area (Å²) in [5.41, 5.74) is 2.70. The van der Waals surface area contributed by atoms with Crippen LogP contribution in [-0.2, 0) is 0 Å². The average Bonchev–Trinajstić information content (AvgIpc) is 2.97. The van der Waals surface area contributed by atoms with Crippen molar-refractivity contribution in [1.82, 2.24) is 10.2 Å². The molecule has 3 aromatic rings. The van der Waals surface area contributed by atoms with Crippen LogP contribution in [0.5, 0.6) is 0 Å². The summed E-state index contributed by atoms with van der Waals surface area (Å²) in [6.45, 7) is 0. The summed E-state index contributed by atoms with van der Waals surface area (Å²) in [5, 5.41) is 9.51. The van der Waals surface area contributed by atoms with E-state index in [1.165, 1.54) is 6.07 Å². The zero-order valence-electron chi connectivity index (χ0n) is 8.65. The zero-order valence-corrected chi connectivity index (χ0v) is 9.47. The number of halogens is 2. The van der Waals surface area contributed by atoms with Gasteiger partial charge >= 0.3 is 0 Å². The summed E-state index contributed by atoms with van der Waals surface area (Å²) >= 11 is 1.09. The van der Waals surface area contributed by atoms with Crippen molar-refractivity contribution < 1.29 is 8.78 Å². The van der Waals surface area contributed by atoms with Crippen LogP contribution < -0.4 is 0 Å². The fourth-order valence-electron chi connectivity index (χ4n) is 1.74. The van der Waals surface area contributed by atoms with Crippen molar-refractivity contribution >= 4 is 22.2 Å². The Morgan fingerprint density at radius 3 is 2.82 bits per heavy atom. The van der Waals surface area contributed by atoms with Crippen LogP contribution in [0.1, 0.15) is 11.3 Å². The Hall–Kier alpha value is -1.75. The smallest absolute Gasteiger partial charge is 0.272 e. The van der Waals surface area contributed by atoms with Gasteiger partial charge in [-0.15, -0.1) is 11.3 Å². The highest BCUT2D eigenvalue weighted by atomic mass is 32.1. The molecule has 1 aromatic carbocycles. The highest BCUT2D eigenvalue weighted by Gasteiger charge is 2.11. The van der Waals surface area contributed by atoms with Gasteiger partial charge in [0, 0.05) is 5.39 Å². The van der Waals surface area contributed by atoms with Gasteiger partial charge in [0.2, 0.25) is 0 Å². The van der Waals surface area contributed by atoms with Gasteiger partial charge in [-0.2, -0.15) is 5.10 Å². The van der Waals surface area contributed by atoms with E-state index in [2.05, 4.69) is 10.2 Å². The largest absolute Gasteiger partial charge is 0.278 e. The van der Waals surface area contributed by atoms with Crippen LogP contribution in [-0.4, -0.2) is 10.2 Å². The lowest BCUT2D eigenvalue weighted by molar-refractivity contribution is 0.155. The molecule has 2 aromatic heterocycles. The minimum Gasteiger partial charge on any atom is -0.278 e. The minimum atomic E-state index is -2.40. The van der Waals surface area contributed by atoms with Crippen molar-refractivity contribution in [2.45, 2.75) is 6.43 Å². The van der Waals surface area contributed by atoms with Gasteiger partial charge in [-0.3, -0.25) is 5.10 Å². The van der Waals surface area contributed by atoms with Crippen molar-refractivity contribution in [3.63, 3.8) is 0 Å². The first-order valence-corrected chi connectivity index (χ1v) is 5.92. The first kappa shape index (κ1) is 10.4. The summed E-state index contributed by atoms with van der Waals surface area (Å²) in [4.78, 5) is 0.104. The number of aromatic amines is 1. The topological polar surface area (TPSA) is 28.7 Å². The van der Waals surface area contributed by atoms with Crippen LogP contribution in [0.4, 0.5) is 8.78 Å². The summed E-state index contributed by atoms with van der Waals surface area (Å²) in [6, 6.07) is 7.28. The van der Waals surface area contributed by atoms with Gasteiger partial charge < -0.3 is 0 Å². The van der Waals surface area contributed by atoms with E-state index < -0.39 is 6.43 Å². The fraction of sp³-hybridized carbons (Fsp3) is 0.0833. The van der Waals surface area contributed by atoms with E-state index in [-0.39, 0.29) is 4.88 Å². The molecule has 0 fully saturated rings. The summed E-state index contributed by atoms with van der Waals surface area (Å²) in [5.74, 6) is 0. The van der Waals surface area contributed by atoms with Gasteiger partial charge in [-0.25, -0.2) is 8.78 Å². The Balaban J connectivity index is 2.06. The van der Waals surface area contributed by atoms with Crippen LogP contribution in [0.3, 0.4) is 0 Å². The SMILES string of the molecule is FC(F)c1cc(-c2ccc3[nH]ncc3c2)cs1. The summed E-state index contributed by atoms with van der Waals surface area (Å²) < 4.78 is 25.0. The number of hydrogen-bond donors (Lipinski definition) is 1. The molecule has 2 heterocycles. The molecule has 0 spiro atoms. The number of alkyl halides is 2. The Kier molecular flexibility index (Phi) is 2.40. The van der Waals surface area contributed by atoms with E-state index in [4.69, 9.17) is 0 Å². The molecule has 1 N–H and O–H groups in total. The van der Waals surface area contributed by atoms with Gasteiger partial charge in [-0.05, 0) is 34.7 Å². The average molecular weight is 250 g/mol. The van der Waals surface area contributed by atoms with Crippen LogP contribution in [0, 0.1) is 0 Å². The molecule has 86 valence electrons. The first-order valence-electron chi connectivity index (χ1n) is 5.04. The van der Waals surface area contributed by atoms with E-state index in [0.29, 0.717) is 0 Å². The van der Waals surface area contributed by atoms with Crippen LogP contribution in [0.15, 0.2) is 35.8 Å². The number of hydrogen-bond acceptors (Lipinski definition) is 2. The quantitative estimate of drug-likeness (QED) is 0.724. The van der Waals surface area contributed by atoms with Crippen molar-refractivity contribution in [2.75, 3.05) is 0 Å². The maximum atomic E-state index is 12.5. The predicted molar refractivity (Wildman–Crippen MR) is 64.4 cm³/mol. The Morgan fingerprint density at radius 2 is 2.06 bits per heavy atom. The molecule has 0 saturated carbocycles. The number of H-pyrrole nitrogens is 1. The molecule has 0 bridgehead atoms. The van der Waals surface area contributed by atoms with Crippen LogP contribution in [0.25, 0.3) is 22.0 Å². The highest BCUT2D eigenvalue weighted by Crippen LogP contribution is 2.32. The number of nitrogens with one attached hydrogen (secondary N) is 1. The molecule has 0 atom stereocenters. The van der Waals surface area contributed by atoms with Crippen molar-refractivity contribution in [3.05, 3.63) is 40.7 Å². The third-order valence-corrected chi connectivity index (χ3v) is 3.55. The van der Waals surface area contributed by atoms with Crippen LogP contribution in [0.2, 0.25) is 0 Å². The second-order valence-corrected chi connectivity index (χ2v) is 4.65. The number of aromatic nitrogens is 2. The number of thiophene rings is 1. The fourth-order valence-corrected chi connectivity index (χ4v) is 2.51. The highest BCUT2D eigenvalue weighted by molar-refractivity contribution is 7.10. The van der Waals surface area contributed by atoms with E-state index in [9.17, 15) is 8.78 Å². The van der Waals surface area contributed by atoms with Crippen LogP contribution >= 0.6 is 11.3 Å². The second kappa shape index (κ2) is 3.92. The van der Waals surface area contributed by atoms with Gasteiger partial charge in [0.25, 0.3) is 6.43 Å². The Bertz CT molecular complexity index is 657. The van der Waals surface area contributed by atoms with E-state index in [1.54, 1.807) is 11.6 Å². The number of fused-ring (bicyclic) bond motifs is 1. The van der Waals surface area contributed by atoms with E-state index >= 15 is 0 Å². The Morgan fingerprint density at radius 1 is 1.18 bits per heavy atom. The van der Waals surface area contributed by atoms with Gasteiger partial charge in [0.05, 0.1) is 16.6 Å². The maximum Gasteiger partial charge on any atom is 0.272 e. The summed E-state index contributed by atoms with van der Waals surface area (Å²) in [7, 11) is 0. The predicted octanol–water partition coefficient (Wildman–Crippen LogP) is 4.23. The molecule has 0 aliphatic rings. The lowest BCUT2D eigenvalue weighted by Gasteiger charge is -1.97. The number of nitrogens with zero attached hydrogens (tertiary/aromatic N) is 1. The lowest BCUT2D eigenvalue weighted by Crippen LogP contribution is -1.76. The van der Waals surface area contributed by atoms with Crippen molar-refractivity contribution in [2.24, 2.45) is 0 Å². The molecular formula is C12H8F2N2S. The van der Waals surface area contributed by atoms with Gasteiger partial charge in [-0.1, -0.05) is 6.07 Å². The standard InChI is InChI=1S/C12H8F2N2S/c13-12(14)11-4-9(6-17-11)7-1-2-10-8(3-7)5-15-16-10/h1-6,12H,(H,15,16). The Labute approximate surface area is 99.9 Å². The first-order chi connectivity index (χ1) is 8.24. The molecule has 0 aliphatic carbocycles. The molecule has 5 heteroatoms. The number of benzene rings is 1. The lowest BCUT2D eigenvalue weighted by atomic mass is 10.1. The van der Waals surface area contributed by atoms with Crippen molar-refractivity contribution in [3.8, 4) is 11.1 Å². The maximum absolute atomic E-state index is 12.5. The van der Waals surface area contributed by atoms with Gasteiger partial charge in [0.15, 0.2) is 0 Å². The molecule has 0 aliphatic heterocycles. The molecule has 0 saturated heterocycles. The molecule has 0 radical (unpaired) electrons. The van der Waals surface area contributed by atoms with Gasteiger partial charge in [0.1, 0.15) is 0 Å². The number of rotatable bonds is 2.